The lowest BCUT2D eigenvalue weighted by Gasteiger charge is -2.46. The fourth-order valence-corrected chi connectivity index (χ4v) is 9.98. The third-order valence-corrected chi connectivity index (χ3v) is 11.4. The maximum absolute atomic E-state index is 14.2. The Bertz CT molecular complexity index is 671. The number of imide groups is 3. The molecule has 15 heteroatoms. The molecule has 2 spiro atoms. The summed E-state index contributed by atoms with van der Waals surface area (Å²) in [5, 5.41) is 9.59. The number of β-amino-alcohol motifs (C(OH)–C–C–N with tert-alkyl or cyclic N) is 1. The molecule has 0 aliphatic carbocycles. The topological polar surface area (TPSA) is 130 Å². The van der Waals surface area contributed by atoms with Crippen LogP contribution in [0.5, 0.6) is 0 Å². The number of hydrogen-bond acceptors (Lipinski definition) is 10. The maximum Gasteiger partial charge on any atom is 0.542 e. The van der Waals surface area contributed by atoms with Gasteiger partial charge in [0.2, 0.25) is 0 Å². The van der Waals surface area contributed by atoms with Gasteiger partial charge in [0.25, 0.3) is 13.0 Å². The van der Waals surface area contributed by atoms with Crippen molar-refractivity contribution in [3.05, 3.63) is 0 Å². The molecule has 3 rings (SSSR count). The number of amides is 6. The zero-order valence-electron chi connectivity index (χ0n) is 18.8. The van der Waals surface area contributed by atoms with E-state index in [9.17, 15) is 19.5 Å². The van der Waals surface area contributed by atoms with Crippen LogP contribution in [0.2, 0.25) is 12.1 Å². The molecule has 0 bridgehead atoms. The number of nitrogens with zero attached hydrogens (tertiary/aromatic N) is 3. The minimum Gasteiger partial charge on any atom is -0.395 e. The summed E-state index contributed by atoms with van der Waals surface area (Å²) in [6.07, 6.45) is 1.13. The molecular formula is C17H31N3O10Si2+2. The lowest BCUT2D eigenvalue weighted by molar-refractivity contribution is -0.808. The van der Waals surface area contributed by atoms with Gasteiger partial charge in [0, 0.05) is 53.4 Å². The molecule has 1 N–H and O–H groups in total. The van der Waals surface area contributed by atoms with Gasteiger partial charge in [0.15, 0.2) is 0 Å². The van der Waals surface area contributed by atoms with E-state index in [0.717, 1.165) is 4.90 Å². The van der Waals surface area contributed by atoms with Crippen LogP contribution < -0.4 is 0 Å². The highest BCUT2D eigenvalue weighted by atomic mass is 28.3. The number of carbonyl (C=O) groups is 3. The first-order valence-electron chi connectivity index (χ1n) is 10.3. The smallest absolute Gasteiger partial charge is 0.395 e. The van der Waals surface area contributed by atoms with E-state index in [1.807, 2.05) is 0 Å². The molecule has 6 amide bonds. The fourth-order valence-electron chi connectivity index (χ4n) is 4.52. The van der Waals surface area contributed by atoms with Crippen LogP contribution in [0.1, 0.15) is 12.8 Å². The van der Waals surface area contributed by atoms with Crippen LogP contribution in [-0.2, 0) is 27.8 Å². The van der Waals surface area contributed by atoms with Gasteiger partial charge in [0.1, 0.15) is 0 Å². The van der Waals surface area contributed by atoms with E-state index >= 15 is 0 Å². The number of aliphatic hydroxyl groups is 1. The van der Waals surface area contributed by atoms with Crippen molar-refractivity contribution in [2.24, 2.45) is 0 Å². The van der Waals surface area contributed by atoms with Gasteiger partial charge in [-0.2, -0.15) is 18.0 Å². The first kappa shape index (κ1) is 25.5. The molecule has 2 atom stereocenters. The molecule has 3 saturated heterocycles. The zero-order chi connectivity index (χ0) is 23.5. The first-order valence-corrected chi connectivity index (χ1v) is 13.5. The average Bonchev–Trinajstić information content (AvgIpc) is 3.42. The summed E-state index contributed by atoms with van der Waals surface area (Å²) in [5.74, 6) is 0. The molecular weight excluding hydrogens is 462 g/mol. The van der Waals surface area contributed by atoms with Crippen LogP contribution in [0.3, 0.4) is 0 Å². The number of aliphatic hydroxyl groups excluding tert-OH is 1. The Labute approximate surface area is 190 Å². The fraction of sp³-hybridized carbons (Fsp3) is 0.824. The standard InChI is InChI=1S/C17H31N3O10Si2/c1-25-16(26-2)29-31-11-5-8-19(31)13(22)18(7-10-21)14(23)20(15(19)24)9-6-12-32(20)30-17(27-3)28-4/h16-17,21H,5-12H2,1-4H3/q+2. The zero-order valence-corrected chi connectivity index (χ0v) is 20.8. The van der Waals surface area contributed by atoms with E-state index in [4.69, 9.17) is 27.8 Å². The van der Waals surface area contributed by atoms with Crippen molar-refractivity contribution in [1.29, 1.82) is 0 Å². The minimum absolute atomic E-state index is 0.203. The molecule has 3 fully saturated rings. The number of quaternary nitrogens is 2. The van der Waals surface area contributed by atoms with E-state index in [1.54, 1.807) is 0 Å². The van der Waals surface area contributed by atoms with Crippen LogP contribution in [-0.4, -0.2) is 122 Å². The van der Waals surface area contributed by atoms with Crippen molar-refractivity contribution >= 4 is 36.5 Å². The Morgan fingerprint density at radius 1 is 0.844 bits per heavy atom. The van der Waals surface area contributed by atoms with Gasteiger partial charge in [-0.25, -0.2) is 9.59 Å². The van der Waals surface area contributed by atoms with Gasteiger partial charge in [-0.15, -0.1) is 0 Å². The third-order valence-electron chi connectivity index (χ3n) is 5.95. The molecule has 3 heterocycles. The number of rotatable bonds is 10. The summed E-state index contributed by atoms with van der Waals surface area (Å²) in [7, 11) is 1.21. The lowest BCUT2D eigenvalue weighted by atomic mass is 10.3. The normalized spacial score (nSPS) is 29.7. The molecule has 32 heavy (non-hydrogen) atoms. The van der Waals surface area contributed by atoms with Gasteiger partial charge < -0.3 is 32.9 Å². The third kappa shape index (κ3) is 3.90. The summed E-state index contributed by atoms with van der Waals surface area (Å²) in [6.45, 7) is -2.31. The Morgan fingerprint density at radius 3 is 1.59 bits per heavy atom. The Hall–Kier alpha value is -1.12. The molecule has 0 aromatic rings. The van der Waals surface area contributed by atoms with Crippen molar-refractivity contribution in [1.82, 2.24) is 4.90 Å². The Kier molecular flexibility index (Phi) is 8.32. The highest BCUT2D eigenvalue weighted by molar-refractivity contribution is 6.53. The van der Waals surface area contributed by atoms with Gasteiger partial charge in [0.05, 0.1) is 26.2 Å². The first-order chi connectivity index (χ1) is 15.4. The quantitative estimate of drug-likeness (QED) is 0.334. The maximum atomic E-state index is 14.2. The van der Waals surface area contributed by atoms with Crippen LogP contribution >= 0.6 is 0 Å². The van der Waals surface area contributed by atoms with Crippen LogP contribution in [0, 0.1) is 0 Å². The summed E-state index contributed by atoms with van der Waals surface area (Å²) in [6, 6.07) is -0.886. The molecule has 3 aliphatic rings. The van der Waals surface area contributed by atoms with Gasteiger partial charge >= 0.3 is 36.5 Å². The molecule has 0 aromatic carbocycles. The van der Waals surface area contributed by atoms with E-state index in [0.29, 0.717) is 24.9 Å². The lowest BCUT2D eigenvalue weighted by Crippen LogP contribution is -2.84. The van der Waals surface area contributed by atoms with Crippen molar-refractivity contribution in [2.75, 3.05) is 54.7 Å². The molecule has 2 radical (unpaired) electrons. The monoisotopic (exact) mass is 493 g/mol. The predicted molar refractivity (Wildman–Crippen MR) is 108 cm³/mol. The van der Waals surface area contributed by atoms with E-state index < -0.39 is 64.4 Å². The molecule has 0 aromatic heterocycles. The number of carbonyl (C=O) groups excluding carboxylic acids is 3. The van der Waals surface area contributed by atoms with E-state index in [2.05, 4.69) is 0 Å². The largest absolute Gasteiger partial charge is 0.542 e. The molecule has 0 saturated carbocycles. The van der Waals surface area contributed by atoms with Crippen molar-refractivity contribution < 1.29 is 55.6 Å². The number of methoxy groups -OCH3 is 4. The highest BCUT2D eigenvalue weighted by Gasteiger charge is 2.79. The van der Waals surface area contributed by atoms with Crippen molar-refractivity contribution in [3.63, 3.8) is 0 Å². The van der Waals surface area contributed by atoms with Crippen LogP contribution in [0.25, 0.3) is 0 Å². The molecule has 3 aliphatic heterocycles. The average molecular weight is 494 g/mol. The summed E-state index contributed by atoms with van der Waals surface area (Å²) in [5.41, 5.74) is 0. The summed E-state index contributed by atoms with van der Waals surface area (Å²) >= 11 is 0. The van der Waals surface area contributed by atoms with Crippen molar-refractivity contribution in [2.45, 2.75) is 37.9 Å². The van der Waals surface area contributed by atoms with Gasteiger partial charge in [-0.05, 0) is 0 Å². The summed E-state index contributed by atoms with van der Waals surface area (Å²) < 4.78 is 31.3. The molecule has 180 valence electrons. The second-order valence-electron chi connectivity index (χ2n) is 7.54. The highest BCUT2D eigenvalue weighted by Crippen LogP contribution is 2.42. The SMILES string of the molecule is COC(OC)O[Si]1CCC[N+]12C(=O)N(CCO)C(=O)[N+]1(CCC[Si]1OC(OC)OC)C2=O. The number of ether oxygens (including phenoxy) is 4. The second-order valence-corrected chi connectivity index (χ2v) is 12.1. The molecule has 2 unspecified atom stereocenters. The summed E-state index contributed by atoms with van der Waals surface area (Å²) in [4.78, 5) is 42.5. The number of hydrogen-bond donors (Lipinski definition) is 1. The van der Waals surface area contributed by atoms with E-state index in [-0.39, 0.29) is 19.6 Å². The van der Waals surface area contributed by atoms with Crippen LogP contribution in [0.4, 0.5) is 14.4 Å². The van der Waals surface area contributed by atoms with Crippen molar-refractivity contribution in [3.8, 4) is 0 Å². The molecule has 13 nitrogen and oxygen atoms in total. The number of urea groups is 3. The van der Waals surface area contributed by atoms with E-state index in [1.165, 1.54) is 28.4 Å². The Balaban J connectivity index is 2.08. The van der Waals surface area contributed by atoms with Gasteiger partial charge in [-0.3, -0.25) is 0 Å². The minimum atomic E-state index is -2.19. The second kappa shape index (κ2) is 10.4. The van der Waals surface area contributed by atoms with Gasteiger partial charge in [-0.1, -0.05) is 0 Å². The van der Waals surface area contributed by atoms with Crippen LogP contribution in [0.15, 0.2) is 0 Å². The Morgan fingerprint density at radius 2 is 1.25 bits per heavy atom. The predicted octanol–water partition coefficient (Wildman–Crippen LogP) is 0.258.